The van der Waals surface area contributed by atoms with Gasteiger partial charge in [0.05, 0.1) is 24.9 Å². The van der Waals surface area contributed by atoms with E-state index < -0.39 is 11.7 Å². The van der Waals surface area contributed by atoms with Gasteiger partial charge >= 0.3 is 0 Å². The van der Waals surface area contributed by atoms with Gasteiger partial charge in [-0.15, -0.1) is 0 Å². The van der Waals surface area contributed by atoms with Crippen LogP contribution in [0.25, 0.3) is 0 Å². The number of rotatable bonds is 3. The first-order valence-electron chi connectivity index (χ1n) is 6.25. The number of fused-ring (bicyclic) bond motifs is 1. The Balaban J connectivity index is 2.44. The molecule has 1 atom stereocenters. The van der Waals surface area contributed by atoms with Crippen molar-refractivity contribution < 1.29 is 19.7 Å². The number of nitrogens with zero attached hydrogens (tertiary/aromatic N) is 1. The molecule has 5 heteroatoms. The van der Waals surface area contributed by atoms with Gasteiger partial charge in [-0.1, -0.05) is 6.07 Å². The molecule has 1 aromatic carbocycles. The van der Waals surface area contributed by atoms with E-state index in [4.69, 9.17) is 9.84 Å². The van der Waals surface area contributed by atoms with E-state index in [0.717, 1.165) is 5.56 Å². The highest BCUT2D eigenvalue weighted by molar-refractivity contribution is 6.02. The Morgan fingerprint density at radius 1 is 1.42 bits per heavy atom. The summed E-state index contributed by atoms with van der Waals surface area (Å²) in [5.74, 6) is 0.387. The second kappa shape index (κ2) is 4.83. The number of anilines is 1. The number of amides is 1. The van der Waals surface area contributed by atoms with Gasteiger partial charge in [0.1, 0.15) is 5.75 Å². The van der Waals surface area contributed by atoms with Crippen LogP contribution in [0.3, 0.4) is 0 Å². The Kier molecular flexibility index (Phi) is 3.52. The summed E-state index contributed by atoms with van der Waals surface area (Å²) in [6, 6.07) is 5.56. The van der Waals surface area contributed by atoms with Crippen LogP contribution in [-0.4, -0.2) is 41.0 Å². The largest absolute Gasteiger partial charge is 0.476 e. The molecule has 1 amide bonds. The Morgan fingerprint density at radius 2 is 2.11 bits per heavy atom. The van der Waals surface area contributed by atoms with Gasteiger partial charge in [0.25, 0.3) is 5.91 Å². The Hall–Kier alpha value is -1.59. The zero-order valence-corrected chi connectivity index (χ0v) is 11.4. The third kappa shape index (κ3) is 2.57. The number of aliphatic hydroxyl groups is 2. The number of carbonyl (C=O) groups excluding carboxylic acids is 1. The van der Waals surface area contributed by atoms with E-state index in [9.17, 15) is 9.90 Å². The SMILES string of the molecule is Cc1ccc2c(c1)N(CC(O)CO)C(=O)C(C)(C)O2. The number of hydrogen-bond donors (Lipinski definition) is 2. The summed E-state index contributed by atoms with van der Waals surface area (Å²) < 4.78 is 5.70. The molecule has 2 rings (SSSR count). The molecule has 1 aliphatic rings. The molecule has 0 radical (unpaired) electrons. The van der Waals surface area contributed by atoms with Crippen molar-refractivity contribution in [3.63, 3.8) is 0 Å². The van der Waals surface area contributed by atoms with E-state index in [1.54, 1.807) is 13.8 Å². The van der Waals surface area contributed by atoms with Crippen LogP contribution in [0.15, 0.2) is 18.2 Å². The van der Waals surface area contributed by atoms with Crippen LogP contribution >= 0.6 is 0 Å². The molecule has 0 aliphatic carbocycles. The van der Waals surface area contributed by atoms with E-state index in [1.165, 1.54) is 4.90 Å². The van der Waals surface area contributed by atoms with Gasteiger partial charge in [0.2, 0.25) is 0 Å². The predicted molar refractivity (Wildman–Crippen MR) is 71.3 cm³/mol. The summed E-state index contributed by atoms with van der Waals surface area (Å²) in [5.41, 5.74) is 0.660. The summed E-state index contributed by atoms with van der Waals surface area (Å²) >= 11 is 0. The molecule has 0 bridgehead atoms. The molecule has 2 N–H and O–H groups in total. The van der Waals surface area contributed by atoms with Crippen LogP contribution in [-0.2, 0) is 4.79 Å². The maximum absolute atomic E-state index is 12.4. The maximum atomic E-state index is 12.4. The monoisotopic (exact) mass is 265 g/mol. The first kappa shape index (κ1) is 13.8. The number of carbonyl (C=O) groups is 1. The zero-order chi connectivity index (χ0) is 14.2. The summed E-state index contributed by atoms with van der Waals surface area (Å²) in [6.07, 6.45) is -0.966. The third-order valence-electron chi connectivity index (χ3n) is 3.13. The Labute approximate surface area is 112 Å². The number of aryl methyl sites for hydroxylation is 1. The fourth-order valence-corrected chi connectivity index (χ4v) is 2.13. The minimum absolute atomic E-state index is 0.0541. The normalized spacial score (nSPS) is 18.8. The van der Waals surface area contributed by atoms with Crippen molar-refractivity contribution in [1.82, 2.24) is 0 Å². The molecular formula is C14H19NO4. The first-order chi connectivity index (χ1) is 8.85. The molecular weight excluding hydrogens is 246 g/mol. The third-order valence-corrected chi connectivity index (χ3v) is 3.13. The molecule has 0 aromatic heterocycles. The average Bonchev–Trinajstić information content (AvgIpc) is 2.35. The van der Waals surface area contributed by atoms with Crippen LogP contribution in [0.1, 0.15) is 19.4 Å². The number of β-amino-alcohol motifs (C(OH)–C–C–N with tert-alkyl or cyclic N) is 1. The number of aliphatic hydroxyl groups excluding tert-OH is 2. The smallest absolute Gasteiger partial charge is 0.270 e. The first-order valence-corrected chi connectivity index (χ1v) is 6.25. The standard InChI is InChI=1S/C14H19NO4/c1-9-4-5-12-11(6-9)15(7-10(17)8-16)13(18)14(2,3)19-12/h4-6,10,16-17H,7-8H2,1-3H3. The fourth-order valence-electron chi connectivity index (χ4n) is 2.13. The van der Waals surface area contributed by atoms with Crippen LogP contribution in [0.4, 0.5) is 5.69 Å². The van der Waals surface area contributed by atoms with Gasteiger partial charge < -0.3 is 19.8 Å². The van der Waals surface area contributed by atoms with Gasteiger partial charge in [0.15, 0.2) is 5.60 Å². The van der Waals surface area contributed by atoms with E-state index in [-0.39, 0.29) is 19.1 Å². The van der Waals surface area contributed by atoms with E-state index in [1.807, 2.05) is 25.1 Å². The number of hydrogen-bond acceptors (Lipinski definition) is 4. The molecule has 0 spiro atoms. The molecule has 1 aromatic rings. The molecule has 1 unspecified atom stereocenters. The molecule has 19 heavy (non-hydrogen) atoms. The van der Waals surface area contributed by atoms with Gasteiger partial charge in [-0.05, 0) is 38.5 Å². The summed E-state index contributed by atoms with van der Waals surface area (Å²) in [5, 5.41) is 18.6. The molecule has 1 heterocycles. The summed E-state index contributed by atoms with van der Waals surface area (Å²) in [7, 11) is 0. The number of ether oxygens (including phenoxy) is 1. The van der Waals surface area contributed by atoms with Crippen LogP contribution in [0.5, 0.6) is 5.75 Å². The van der Waals surface area contributed by atoms with Crippen molar-refractivity contribution in [3.8, 4) is 5.75 Å². The van der Waals surface area contributed by atoms with Crippen molar-refractivity contribution in [2.24, 2.45) is 0 Å². The number of benzene rings is 1. The van der Waals surface area contributed by atoms with Gasteiger partial charge in [-0.2, -0.15) is 0 Å². The molecule has 0 saturated heterocycles. The van der Waals surface area contributed by atoms with E-state index in [0.29, 0.717) is 11.4 Å². The minimum Gasteiger partial charge on any atom is -0.476 e. The molecule has 5 nitrogen and oxygen atoms in total. The lowest BCUT2D eigenvalue weighted by Gasteiger charge is -2.39. The predicted octanol–water partition coefficient (Wildman–Crippen LogP) is 0.852. The Bertz CT molecular complexity index is 498. The van der Waals surface area contributed by atoms with Gasteiger partial charge in [0, 0.05) is 0 Å². The van der Waals surface area contributed by atoms with Crippen molar-refractivity contribution in [3.05, 3.63) is 23.8 Å². The lowest BCUT2D eigenvalue weighted by molar-refractivity contribution is -0.133. The highest BCUT2D eigenvalue weighted by Gasteiger charge is 2.41. The quantitative estimate of drug-likeness (QED) is 0.850. The van der Waals surface area contributed by atoms with Gasteiger partial charge in [-0.3, -0.25) is 4.79 Å². The summed E-state index contributed by atoms with van der Waals surface area (Å²) in [4.78, 5) is 13.9. The second-order valence-corrected chi connectivity index (χ2v) is 5.34. The van der Waals surface area contributed by atoms with Crippen LogP contribution in [0.2, 0.25) is 0 Å². The van der Waals surface area contributed by atoms with Crippen LogP contribution < -0.4 is 9.64 Å². The molecule has 0 fully saturated rings. The van der Waals surface area contributed by atoms with E-state index in [2.05, 4.69) is 0 Å². The van der Waals surface area contributed by atoms with Crippen molar-refractivity contribution >= 4 is 11.6 Å². The topological polar surface area (TPSA) is 70.0 Å². The highest BCUT2D eigenvalue weighted by Crippen LogP contribution is 2.38. The average molecular weight is 265 g/mol. The Morgan fingerprint density at radius 3 is 2.74 bits per heavy atom. The maximum Gasteiger partial charge on any atom is 0.270 e. The van der Waals surface area contributed by atoms with Crippen LogP contribution in [0, 0.1) is 6.92 Å². The van der Waals surface area contributed by atoms with E-state index >= 15 is 0 Å². The van der Waals surface area contributed by atoms with Crippen molar-refractivity contribution in [2.75, 3.05) is 18.1 Å². The van der Waals surface area contributed by atoms with Crippen molar-refractivity contribution in [1.29, 1.82) is 0 Å². The highest BCUT2D eigenvalue weighted by atomic mass is 16.5. The lowest BCUT2D eigenvalue weighted by Crippen LogP contribution is -2.54. The second-order valence-electron chi connectivity index (χ2n) is 5.34. The molecule has 0 saturated carbocycles. The molecule has 104 valence electrons. The minimum atomic E-state index is -0.975. The van der Waals surface area contributed by atoms with Gasteiger partial charge in [-0.25, -0.2) is 0 Å². The van der Waals surface area contributed by atoms with Crippen molar-refractivity contribution in [2.45, 2.75) is 32.5 Å². The summed E-state index contributed by atoms with van der Waals surface area (Å²) in [6.45, 7) is 4.98. The molecule has 1 aliphatic heterocycles. The fraction of sp³-hybridized carbons (Fsp3) is 0.500. The zero-order valence-electron chi connectivity index (χ0n) is 11.4. The lowest BCUT2D eigenvalue weighted by atomic mass is 10.0.